The van der Waals surface area contributed by atoms with Crippen LogP contribution in [0.3, 0.4) is 0 Å². The Hall–Kier alpha value is -1.81. The molecule has 10 nitrogen and oxygen atoms in total. The molecule has 29 heavy (non-hydrogen) atoms. The van der Waals surface area contributed by atoms with E-state index in [2.05, 4.69) is 15.0 Å². The number of nitrogen functional groups attached to an aromatic ring is 1. The van der Waals surface area contributed by atoms with Gasteiger partial charge in [-0.15, -0.1) is 0 Å². The molecule has 3 heterocycles. The van der Waals surface area contributed by atoms with E-state index >= 15 is 4.39 Å². The van der Waals surface area contributed by atoms with E-state index in [1.807, 2.05) is 13.8 Å². The number of fused-ring (bicyclic) bond motifs is 1. The Bertz CT molecular complexity index is 992. The van der Waals surface area contributed by atoms with Gasteiger partial charge in [0.25, 0.3) is 5.56 Å². The number of aromatic amines is 1. The lowest BCUT2D eigenvalue weighted by molar-refractivity contribution is -0.0637. The van der Waals surface area contributed by atoms with Crippen LogP contribution in [0.25, 0.3) is 11.2 Å². The van der Waals surface area contributed by atoms with Crippen molar-refractivity contribution in [2.45, 2.75) is 64.9 Å². The standard InChI is InChI=1S/C17H27FN5O5P/c1-7(2)10-11(18)16(27-13(10)9(5)28-29(25,26)8(3)4)23-6-20-12-14(23)21-17(19)22-15(12)24/h6-11,13,16H,1-5H3,(H,25,26)(H3,19,21,22,24). The number of H-pyrrole nitrogens is 1. The summed E-state index contributed by atoms with van der Waals surface area (Å²) in [5.41, 5.74) is 4.60. The van der Waals surface area contributed by atoms with Crippen molar-refractivity contribution in [1.29, 1.82) is 0 Å². The van der Waals surface area contributed by atoms with E-state index in [-0.39, 0.29) is 23.0 Å². The zero-order chi connectivity index (χ0) is 21.7. The smallest absolute Gasteiger partial charge is 0.330 e. The number of ether oxygens (including phenoxy) is 1. The van der Waals surface area contributed by atoms with Gasteiger partial charge >= 0.3 is 7.60 Å². The van der Waals surface area contributed by atoms with Crippen LogP contribution in [-0.2, 0) is 13.8 Å². The third kappa shape index (κ3) is 3.96. The molecule has 2 aromatic heterocycles. The Kier molecular flexibility index (Phi) is 5.88. The first kappa shape index (κ1) is 21.9. The van der Waals surface area contributed by atoms with Crippen molar-refractivity contribution >= 4 is 24.7 Å². The summed E-state index contributed by atoms with van der Waals surface area (Å²) in [6.07, 6.45) is -2.96. The van der Waals surface area contributed by atoms with E-state index in [9.17, 15) is 14.3 Å². The normalized spacial score (nSPS) is 28.3. The highest BCUT2D eigenvalue weighted by atomic mass is 31.2. The van der Waals surface area contributed by atoms with Gasteiger partial charge < -0.3 is 19.9 Å². The van der Waals surface area contributed by atoms with E-state index in [4.69, 9.17) is 15.0 Å². The van der Waals surface area contributed by atoms with Crippen molar-refractivity contribution in [3.05, 3.63) is 16.7 Å². The first-order chi connectivity index (χ1) is 13.4. The van der Waals surface area contributed by atoms with Gasteiger partial charge in [0.2, 0.25) is 5.95 Å². The number of imidazole rings is 1. The minimum atomic E-state index is -3.88. The summed E-state index contributed by atoms with van der Waals surface area (Å²) in [4.78, 5) is 32.5. The molecule has 1 fully saturated rings. The number of anilines is 1. The molecule has 12 heteroatoms. The van der Waals surface area contributed by atoms with Gasteiger partial charge in [0.05, 0.1) is 24.2 Å². The molecular weight excluding hydrogens is 404 g/mol. The van der Waals surface area contributed by atoms with Crippen molar-refractivity contribution in [1.82, 2.24) is 19.5 Å². The molecule has 6 unspecified atom stereocenters. The second-order valence-electron chi connectivity index (χ2n) is 8.00. The van der Waals surface area contributed by atoms with E-state index in [0.717, 1.165) is 0 Å². The van der Waals surface area contributed by atoms with Crippen LogP contribution in [0.2, 0.25) is 0 Å². The summed E-state index contributed by atoms with van der Waals surface area (Å²) in [7, 11) is -3.88. The molecule has 0 radical (unpaired) electrons. The molecular formula is C17H27FN5O5P. The minimum absolute atomic E-state index is 0.0171. The van der Waals surface area contributed by atoms with Gasteiger partial charge in [-0.05, 0) is 12.8 Å². The zero-order valence-electron chi connectivity index (χ0n) is 16.9. The van der Waals surface area contributed by atoms with Crippen LogP contribution in [0.4, 0.5) is 10.3 Å². The number of aromatic nitrogens is 4. The molecule has 0 aromatic carbocycles. The van der Waals surface area contributed by atoms with Crippen LogP contribution in [0.5, 0.6) is 0 Å². The number of alkyl halides is 1. The van der Waals surface area contributed by atoms with Crippen molar-refractivity contribution in [2.75, 3.05) is 5.73 Å². The van der Waals surface area contributed by atoms with Crippen LogP contribution in [0.1, 0.15) is 40.8 Å². The Morgan fingerprint density at radius 3 is 2.62 bits per heavy atom. The first-order valence-electron chi connectivity index (χ1n) is 9.46. The second-order valence-corrected chi connectivity index (χ2v) is 10.4. The summed E-state index contributed by atoms with van der Waals surface area (Å²) < 4.78 is 40.5. The quantitative estimate of drug-likeness (QED) is 0.590. The molecule has 0 bridgehead atoms. The maximum atomic E-state index is 15.5. The lowest BCUT2D eigenvalue weighted by Gasteiger charge is -2.29. The molecule has 1 aliphatic rings. The van der Waals surface area contributed by atoms with Crippen molar-refractivity contribution in [3.63, 3.8) is 0 Å². The van der Waals surface area contributed by atoms with Crippen molar-refractivity contribution in [2.24, 2.45) is 11.8 Å². The fourth-order valence-corrected chi connectivity index (χ4v) is 4.48. The fraction of sp³-hybridized carbons (Fsp3) is 0.706. The molecule has 4 N–H and O–H groups in total. The third-order valence-corrected chi connectivity index (χ3v) is 7.18. The second kappa shape index (κ2) is 7.79. The number of rotatable bonds is 6. The molecule has 1 aliphatic heterocycles. The van der Waals surface area contributed by atoms with E-state index < -0.39 is 49.3 Å². The van der Waals surface area contributed by atoms with E-state index in [1.165, 1.54) is 10.9 Å². The van der Waals surface area contributed by atoms with Gasteiger partial charge in [0, 0.05) is 5.92 Å². The Labute approximate surface area is 167 Å². The number of halogens is 1. The first-order valence-corrected chi connectivity index (χ1v) is 11.1. The van der Waals surface area contributed by atoms with Crippen LogP contribution < -0.4 is 11.3 Å². The largest absolute Gasteiger partial charge is 0.369 e. The van der Waals surface area contributed by atoms with Gasteiger partial charge in [-0.1, -0.05) is 27.7 Å². The molecule has 0 amide bonds. The molecule has 3 rings (SSSR count). The van der Waals surface area contributed by atoms with Gasteiger partial charge in [0.15, 0.2) is 23.6 Å². The van der Waals surface area contributed by atoms with Crippen molar-refractivity contribution in [3.8, 4) is 0 Å². The van der Waals surface area contributed by atoms with Crippen LogP contribution >= 0.6 is 7.60 Å². The summed E-state index contributed by atoms with van der Waals surface area (Å²) >= 11 is 0. The molecule has 0 spiro atoms. The highest BCUT2D eigenvalue weighted by Gasteiger charge is 2.51. The Balaban J connectivity index is 1.97. The average Bonchev–Trinajstić information content (AvgIpc) is 3.15. The predicted octanol–water partition coefficient (Wildman–Crippen LogP) is 2.21. The highest BCUT2D eigenvalue weighted by molar-refractivity contribution is 7.53. The van der Waals surface area contributed by atoms with Gasteiger partial charge in [0.1, 0.15) is 0 Å². The SMILES string of the molecule is CC(C)C1C(F)C(n2cnc3c(=O)[nH]c(N)nc32)OC1C(C)OP(=O)(O)C(C)C. The molecule has 6 atom stereocenters. The van der Waals surface area contributed by atoms with Gasteiger partial charge in [-0.2, -0.15) is 4.98 Å². The predicted molar refractivity (Wildman–Crippen MR) is 105 cm³/mol. The summed E-state index contributed by atoms with van der Waals surface area (Å²) in [5.74, 6) is -0.872. The molecule has 0 aliphatic carbocycles. The Morgan fingerprint density at radius 1 is 1.38 bits per heavy atom. The third-order valence-electron chi connectivity index (χ3n) is 5.24. The highest BCUT2D eigenvalue weighted by Crippen LogP contribution is 2.51. The summed E-state index contributed by atoms with van der Waals surface area (Å²) in [6.45, 7) is 8.44. The van der Waals surface area contributed by atoms with E-state index in [0.29, 0.717) is 0 Å². The van der Waals surface area contributed by atoms with Crippen LogP contribution in [-0.4, -0.2) is 48.5 Å². The monoisotopic (exact) mass is 431 g/mol. The van der Waals surface area contributed by atoms with Crippen LogP contribution in [0, 0.1) is 11.8 Å². The average molecular weight is 431 g/mol. The Morgan fingerprint density at radius 2 is 2.03 bits per heavy atom. The topological polar surface area (TPSA) is 145 Å². The van der Waals surface area contributed by atoms with Gasteiger partial charge in [-0.3, -0.25) is 18.9 Å². The molecule has 1 saturated heterocycles. The van der Waals surface area contributed by atoms with Crippen LogP contribution in [0.15, 0.2) is 11.1 Å². The van der Waals surface area contributed by atoms with Gasteiger partial charge in [-0.25, -0.2) is 9.37 Å². The summed E-state index contributed by atoms with van der Waals surface area (Å²) in [5, 5.41) is 0. The molecule has 2 aromatic rings. The van der Waals surface area contributed by atoms with E-state index in [1.54, 1.807) is 20.8 Å². The zero-order valence-corrected chi connectivity index (χ0v) is 17.8. The maximum absolute atomic E-state index is 15.5. The number of nitrogens with one attached hydrogen (secondary N) is 1. The molecule has 162 valence electrons. The minimum Gasteiger partial charge on any atom is -0.369 e. The lowest BCUT2D eigenvalue weighted by atomic mass is 9.85. The maximum Gasteiger partial charge on any atom is 0.330 e. The number of hydrogen-bond acceptors (Lipinski definition) is 7. The fourth-order valence-electron chi connectivity index (χ4n) is 3.64. The number of hydrogen-bond donors (Lipinski definition) is 3. The van der Waals surface area contributed by atoms with Crippen molar-refractivity contribution < 1.29 is 23.1 Å². The number of nitrogens with zero attached hydrogens (tertiary/aromatic N) is 3. The summed E-state index contributed by atoms with van der Waals surface area (Å²) in [6, 6.07) is 0. The number of nitrogens with two attached hydrogens (primary N) is 1. The lowest BCUT2D eigenvalue weighted by Crippen LogP contribution is -2.36. The molecule has 0 saturated carbocycles.